The van der Waals surface area contributed by atoms with Crippen LogP contribution < -0.4 is 10.0 Å². The van der Waals surface area contributed by atoms with Crippen molar-refractivity contribution in [3.8, 4) is 0 Å². The Morgan fingerprint density at radius 2 is 2.00 bits per heavy atom. The average molecular weight is 218 g/mol. The van der Waals surface area contributed by atoms with Crippen LogP contribution in [-0.4, -0.2) is 33.3 Å². The van der Waals surface area contributed by atoms with Gasteiger partial charge in [-0.15, -0.1) is 0 Å². The molecule has 1 aliphatic carbocycles. The molecule has 1 saturated heterocycles. The summed E-state index contributed by atoms with van der Waals surface area (Å²) < 4.78 is 25.9. The van der Waals surface area contributed by atoms with Crippen molar-refractivity contribution in [1.82, 2.24) is 10.0 Å². The molecule has 1 saturated carbocycles. The molecule has 2 fully saturated rings. The molecule has 0 radical (unpaired) electrons. The van der Waals surface area contributed by atoms with E-state index < -0.39 is 10.0 Å². The van der Waals surface area contributed by atoms with Gasteiger partial charge in [-0.2, -0.15) is 0 Å². The van der Waals surface area contributed by atoms with E-state index in [1.165, 1.54) is 0 Å². The third kappa shape index (κ3) is 2.10. The summed E-state index contributed by atoms with van der Waals surface area (Å²) in [5, 5.41) is 3.25. The maximum Gasteiger partial charge on any atom is 0.211 e. The highest BCUT2D eigenvalue weighted by atomic mass is 32.2. The molecule has 0 spiro atoms. The highest BCUT2D eigenvalue weighted by molar-refractivity contribution is 7.89. The lowest BCUT2D eigenvalue weighted by molar-refractivity contribution is 0.562. The smallest absolute Gasteiger partial charge is 0.211 e. The lowest BCUT2D eigenvalue weighted by atomic mass is 10.4. The number of hydrogen-bond donors (Lipinski definition) is 2. The van der Waals surface area contributed by atoms with Gasteiger partial charge in [-0.05, 0) is 31.3 Å². The van der Waals surface area contributed by atoms with Crippen molar-refractivity contribution in [2.75, 3.05) is 18.8 Å². The van der Waals surface area contributed by atoms with Crippen LogP contribution in [0.3, 0.4) is 0 Å². The van der Waals surface area contributed by atoms with Crippen LogP contribution in [0, 0.1) is 11.8 Å². The molecule has 5 heteroatoms. The number of rotatable bonds is 5. The molecule has 1 aliphatic heterocycles. The Hall–Kier alpha value is -0.130. The van der Waals surface area contributed by atoms with Crippen LogP contribution in [0.1, 0.15) is 19.8 Å². The molecule has 82 valence electrons. The zero-order valence-corrected chi connectivity index (χ0v) is 9.31. The second-order valence-corrected chi connectivity index (χ2v) is 6.18. The molecular weight excluding hydrogens is 200 g/mol. The van der Waals surface area contributed by atoms with Crippen molar-refractivity contribution in [3.63, 3.8) is 0 Å². The first-order valence-corrected chi connectivity index (χ1v) is 7.00. The van der Waals surface area contributed by atoms with Crippen LogP contribution in [0.15, 0.2) is 0 Å². The van der Waals surface area contributed by atoms with Gasteiger partial charge in [0.25, 0.3) is 0 Å². The minimum absolute atomic E-state index is 0.234. The van der Waals surface area contributed by atoms with Crippen molar-refractivity contribution >= 4 is 10.0 Å². The lowest BCUT2D eigenvalue weighted by Gasteiger charge is -2.07. The predicted molar refractivity (Wildman–Crippen MR) is 55.5 cm³/mol. The van der Waals surface area contributed by atoms with E-state index in [2.05, 4.69) is 10.0 Å². The molecule has 2 aliphatic rings. The van der Waals surface area contributed by atoms with Crippen molar-refractivity contribution < 1.29 is 8.42 Å². The lowest BCUT2D eigenvalue weighted by Crippen LogP contribution is -2.34. The van der Waals surface area contributed by atoms with Crippen LogP contribution in [0.5, 0.6) is 0 Å². The summed E-state index contributed by atoms with van der Waals surface area (Å²) in [6, 6.07) is 0.234. The summed E-state index contributed by atoms with van der Waals surface area (Å²) in [7, 11) is -3.00. The van der Waals surface area contributed by atoms with Gasteiger partial charge in [-0.25, -0.2) is 13.1 Å². The van der Waals surface area contributed by atoms with Crippen molar-refractivity contribution in [3.05, 3.63) is 0 Å². The van der Waals surface area contributed by atoms with Crippen molar-refractivity contribution in [1.29, 1.82) is 0 Å². The normalized spacial score (nSPS) is 35.6. The Kier molecular flexibility index (Phi) is 2.81. The van der Waals surface area contributed by atoms with Crippen LogP contribution in [-0.2, 0) is 10.0 Å². The van der Waals surface area contributed by atoms with E-state index in [1.54, 1.807) is 0 Å². The van der Waals surface area contributed by atoms with Gasteiger partial charge in [0.1, 0.15) is 0 Å². The topological polar surface area (TPSA) is 58.2 Å². The van der Waals surface area contributed by atoms with Crippen LogP contribution >= 0.6 is 0 Å². The van der Waals surface area contributed by atoms with Gasteiger partial charge in [-0.3, -0.25) is 0 Å². The number of piperidine rings is 1. The van der Waals surface area contributed by atoms with Gasteiger partial charge in [-0.1, -0.05) is 13.3 Å². The van der Waals surface area contributed by atoms with Gasteiger partial charge in [0.2, 0.25) is 10.0 Å². The van der Waals surface area contributed by atoms with Crippen LogP contribution in [0.4, 0.5) is 0 Å². The number of hydrogen-bond acceptors (Lipinski definition) is 3. The first-order chi connectivity index (χ1) is 6.64. The predicted octanol–water partition coefficient (Wildman–Crippen LogP) is -0.0763. The van der Waals surface area contributed by atoms with Gasteiger partial charge in [0, 0.05) is 6.04 Å². The minimum atomic E-state index is -3.00. The summed E-state index contributed by atoms with van der Waals surface area (Å²) >= 11 is 0. The quantitative estimate of drug-likeness (QED) is 0.679. The standard InChI is InChI=1S/C9H18N2O2S/c1-2-3-4-14(12,13)11-9-7-5-10-6-8(7)9/h7-11H,2-6H2,1H3. The maximum absolute atomic E-state index is 11.5. The molecule has 0 aromatic heterocycles. The molecule has 4 nitrogen and oxygen atoms in total. The SMILES string of the molecule is CCCCS(=O)(=O)NC1C2CNCC21. The Labute approximate surface area is 85.5 Å². The number of sulfonamides is 1. The van der Waals surface area contributed by atoms with Crippen LogP contribution in [0.25, 0.3) is 0 Å². The van der Waals surface area contributed by atoms with E-state index in [4.69, 9.17) is 0 Å². The fourth-order valence-corrected chi connectivity index (χ4v) is 3.74. The molecule has 0 aromatic carbocycles. The van der Waals surface area contributed by atoms with Gasteiger partial charge in [0.15, 0.2) is 0 Å². The Bertz CT molecular complexity index is 292. The molecule has 2 rings (SSSR count). The minimum Gasteiger partial charge on any atom is -0.316 e. The summed E-state index contributed by atoms with van der Waals surface area (Å²) in [5.41, 5.74) is 0. The second-order valence-electron chi connectivity index (χ2n) is 4.30. The molecular formula is C9H18N2O2S. The maximum atomic E-state index is 11.5. The zero-order valence-electron chi connectivity index (χ0n) is 8.49. The molecule has 0 aromatic rings. The van der Waals surface area contributed by atoms with Gasteiger partial charge >= 0.3 is 0 Å². The molecule has 0 amide bonds. The second kappa shape index (κ2) is 3.79. The number of fused-ring (bicyclic) bond motifs is 1. The summed E-state index contributed by atoms with van der Waals surface area (Å²) in [6.45, 7) is 3.96. The molecule has 2 N–H and O–H groups in total. The Morgan fingerprint density at radius 1 is 1.36 bits per heavy atom. The highest BCUT2D eigenvalue weighted by Gasteiger charge is 2.54. The number of nitrogens with one attached hydrogen (secondary N) is 2. The van der Waals surface area contributed by atoms with E-state index in [0.717, 1.165) is 25.9 Å². The number of unbranched alkanes of at least 4 members (excludes halogenated alkanes) is 1. The van der Waals surface area contributed by atoms with Gasteiger partial charge in [0.05, 0.1) is 5.75 Å². The Morgan fingerprint density at radius 3 is 2.57 bits per heavy atom. The zero-order chi connectivity index (χ0) is 10.2. The molecule has 14 heavy (non-hydrogen) atoms. The highest BCUT2D eigenvalue weighted by Crippen LogP contribution is 2.41. The monoisotopic (exact) mass is 218 g/mol. The molecule has 2 atom stereocenters. The van der Waals surface area contributed by atoms with E-state index >= 15 is 0 Å². The molecule has 2 unspecified atom stereocenters. The first kappa shape index (κ1) is 10.4. The fraction of sp³-hybridized carbons (Fsp3) is 1.00. The van der Waals surface area contributed by atoms with Crippen LogP contribution in [0.2, 0.25) is 0 Å². The largest absolute Gasteiger partial charge is 0.316 e. The van der Waals surface area contributed by atoms with E-state index in [0.29, 0.717) is 11.8 Å². The summed E-state index contributed by atoms with van der Waals surface area (Å²) in [4.78, 5) is 0. The average Bonchev–Trinajstić information content (AvgIpc) is 2.64. The third-order valence-electron chi connectivity index (χ3n) is 3.17. The summed E-state index contributed by atoms with van der Waals surface area (Å²) in [6.07, 6.45) is 1.69. The fourth-order valence-electron chi connectivity index (χ4n) is 2.19. The third-order valence-corrected chi connectivity index (χ3v) is 4.63. The first-order valence-electron chi connectivity index (χ1n) is 5.35. The van der Waals surface area contributed by atoms with E-state index in [-0.39, 0.29) is 11.8 Å². The molecule has 0 bridgehead atoms. The van der Waals surface area contributed by atoms with Crippen molar-refractivity contribution in [2.24, 2.45) is 11.8 Å². The van der Waals surface area contributed by atoms with Crippen molar-refractivity contribution in [2.45, 2.75) is 25.8 Å². The van der Waals surface area contributed by atoms with E-state index in [9.17, 15) is 8.42 Å². The Balaban J connectivity index is 1.80. The summed E-state index contributed by atoms with van der Waals surface area (Å²) in [5.74, 6) is 1.41. The van der Waals surface area contributed by atoms with E-state index in [1.807, 2.05) is 6.92 Å². The molecule has 1 heterocycles. The van der Waals surface area contributed by atoms with Gasteiger partial charge < -0.3 is 5.32 Å².